The molecule has 1 amide bonds. The number of carboxylic acid groups (broad SMARTS) is 1. The van der Waals surface area contributed by atoms with Crippen molar-refractivity contribution in [1.82, 2.24) is 19.5 Å². The molecule has 3 aliphatic heterocycles. The summed E-state index contributed by atoms with van der Waals surface area (Å²) < 4.78 is 28.3. The average Bonchev–Trinajstić information content (AvgIpc) is 3.58. The van der Waals surface area contributed by atoms with E-state index in [0.717, 1.165) is 60.2 Å². The van der Waals surface area contributed by atoms with Crippen molar-refractivity contribution in [2.45, 2.75) is 77.4 Å². The molecule has 10 nitrogen and oxygen atoms in total. The Balaban J connectivity index is 1.28. The van der Waals surface area contributed by atoms with Gasteiger partial charge in [0.05, 0.1) is 23.8 Å². The lowest BCUT2D eigenvalue weighted by atomic mass is 9.92. The summed E-state index contributed by atoms with van der Waals surface area (Å²) in [6.45, 7) is 8.65. The third-order valence-electron chi connectivity index (χ3n) is 10.8. The molecule has 3 aromatic carbocycles. The van der Waals surface area contributed by atoms with Gasteiger partial charge in [-0.3, -0.25) is 9.59 Å². The predicted molar refractivity (Wildman–Crippen MR) is 207 cm³/mol. The van der Waals surface area contributed by atoms with Crippen LogP contribution in [0.1, 0.15) is 73.1 Å². The topological polar surface area (TPSA) is 110 Å². The normalized spacial score (nSPS) is 19.0. The maximum absolute atomic E-state index is 13.8. The third-order valence-corrected chi connectivity index (χ3v) is 10.8. The van der Waals surface area contributed by atoms with Crippen LogP contribution in [0.25, 0.3) is 28.0 Å². The number of aliphatic carboxylic acids is 1. The summed E-state index contributed by atoms with van der Waals surface area (Å²) in [5, 5.41) is 15.0. The Labute approximate surface area is 315 Å². The number of carbonyl (C=O) groups excluding carboxylic acids is 1. The second kappa shape index (κ2) is 15.6. The van der Waals surface area contributed by atoms with E-state index in [4.69, 9.17) is 19.6 Å². The van der Waals surface area contributed by atoms with Crippen LogP contribution < -0.4 is 9.64 Å². The molecule has 0 spiro atoms. The first kappa shape index (κ1) is 37.0. The van der Waals surface area contributed by atoms with Crippen molar-refractivity contribution in [3.8, 4) is 28.1 Å². The Morgan fingerprint density at radius 2 is 1.78 bits per heavy atom. The van der Waals surface area contributed by atoms with Crippen LogP contribution in [0.3, 0.4) is 0 Å². The fourth-order valence-corrected chi connectivity index (χ4v) is 7.53. The molecular weight excluding hydrogens is 686 g/mol. The summed E-state index contributed by atoms with van der Waals surface area (Å²) in [7, 11) is 1.78. The van der Waals surface area contributed by atoms with Gasteiger partial charge < -0.3 is 24.4 Å². The number of likely N-dealkylation sites (N-methyl/N-ethyl adjacent to an activating group) is 1. The van der Waals surface area contributed by atoms with Gasteiger partial charge in [-0.05, 0) is 107 Å². The molecule has 1 atom stereocenters. The highest BCUT2D eigenvalue weighted by Crippen LogP contribution is 2.37. The number of amides is 1. The quantitative estimate of drug-likeness (QED) is 0.189. The van der Waals surface area contributed by atoms with Crippen molar-refractivity contribution >= 4 is 23.3 Å². The van der Waals surface area contributed by atoms with Gasteiger partial charge in [-0.15, -0.1) is 0 Å². The molecule has 54 heavy (non-hydrogen) atoms. The molecule has 0 aliphatic carbocycles. The van der Waals surface area contributed by atoms with Crippen molar-refractivity contribution < 1.29 is 28.6 Å². The molecule has 1 saturated heterocycles. The second-order valence-electron chi connectivity index (χ2n) is 15.0. The van der Waals surface area contributed by atoms with Gasteiger partial charge in [0.25, 0.3) is 5.91 Å². The summed E-state index contributed by atoms with van der Waals surface area (Å²) in [6.07, 6.45) is 4.69. The maximum Gasteiger partial charge on any atom is 0.308 e. The molecule has 5 aromatic rings. The molecule has 282 valence electrons. The first-order valence-electron chi connectivity index (χ1n) is 18.9. The second-order valence-corrected chi connectivity index (χ2v) is 15.0. The minimum atomic E-state index is -0.917. The first-order valence-corrected chi connectivity index (χ1v) is 18.9. The van der Waals surface area contributed by atoms with Crippen LogP contribution in [-0.2, 0) is 22.4 Å². The average molecular weight is 734 g/mol. The Bertz CT molecular complexity index is 2160. The fraction of sp³-hybridized carbons (Fsp3) is 0.395. The lowest BCUT2D eigenvalue weighted by molar-refractivity contribution is -0.136. The number of carbonyl (C=O) groups is 2. The number of nitrogens with zero attached hydrogens (tertiary/aromatic N) is 5. The summed E-state index contributed by atoms with van der Waals surface area (Å²) >= 11 is 0. The van der Waals surface area contributed by atoms with Crippen LogP contribution in [0.2, 0.25) is 0 Å². The number of rotatable bonds is 6. The van der Waals surface area contributed by atoms with Crippen molar-refractivity contribution in [3.05, 3.63) is 101 Å². The number of piperidine rings is 1. The first-order chi connectivity index (χ1) is 26.0. The van der Waals surface area contributed by atoms with Crippen molar-refractivity contribution in [1.29, 1.82) is 0 Å². The molecule has 1 N–H and O–H groups in total. The number of ether oxygens (including phenoxy) is 2. The highest BCUT2D eigenvalue weighted by molar-refractivity contribution is 5.96. The van der Waals surface area contributed by atoms with Gasteiger partial charge in [-0.2, -0.15) is 9.61 Å². The molecule has 1 unspecified atom stereocenters. The summed E-state index contributed by atoms with van der Waals surface area (Å²) in [5.74, 6) is 0.117. The van der Waals surface area contributed by atoms with Gasteiger partial charge in [0, 0.05) is 67.3 Å². The lowest BCUT2D eigenvalue weighted by Crippen LogP contribution is -2.45. The van der Waals surface area contributed by atoms with Crippen molar-refractivity contribution in [2.75, 3.05) is 38.2 Å². The van der Waals surface area contributed by atoms with Gasteiger partial charge >= 0.3 is 5.97 Å². The number of benzene rings is 3. The molecule has 11 heteroatoms. The zero-order chi connectivity index (χ0) is 38.0. The molecule has 8 rings (SSSR count). The van der Waals surface area contributed by atoms with Gasteiger partial charge in [0.1, 0.15) is 17.4 Å². The van der Waals surface area contributed by atoms with Crippen LogP contribution in [0, 0.1) is 12.7 Å². The number of aryl methyl sites for hydroxylation is 1. The Morgan fingerprint density at radius 3 is 2.54 bits per heavy atom. The van der Waals surface area contributed by atoms with Crippen LogP contribution in [0.4, 0.5) is 10.2 Å². The van der Waals surface area contributed by atoms with E-state index in [1.807, 2.05) is 55.5 Å². The number of fused-ring (bicyclic) bond motifs is 8. The number of carboxylic acids is 1. The molecule has 0 radical (unpaired) electrons. The maximum atomic E-state index is 13.8. The van der Waals surface area contributed by atoms with Crippen LogP contribution in [-0.4, -0.2) is 81.5 Å². The van der Waals surface area contributed by atoms with E-state index in [-0.39, 0.29) is 29.9 Å². The Hall–Kier alpha value is -5.29. The van der Waals surface area contributed by atoms with Gasteiger partial charge in [0.15, 0.2) is 5.65 Å². The molecule has 1 fully saturated rings. The number of halogens is 1. The van der Waals surface area contributed by atoms with Crippen molar-refractivity contribution in [2.24, 2.45) is 0 Å². The summed E-state index contributed by atoms with van der Waals surface area (Å²) in [5.41, 5.74) is 6.38. The number of aromatic nitrogens is 3. The largest absolute Gasteiger partial charge is 0.490 e. The van der Waals surface area contributed by atoms with Crippen LogP contribution in [0.15, 0.2) is 72.8 Å². The van der Waals surface area contributed by atoms with E-state index in [1.165, 1.54) is 12.1 Å². The van der Waals surface area contributed by atoms with Crippen molar-refractivity contribution in [3.63, 3.8) is 0 Å². The highest BCUT2D eigenvalue weighted by atomic mass is 19.1. The van der Waals surface area contributed by atoms with E-state index in [0.29, 0.717) is 66.6 Å². The van der Waals surface area contributed by atoms with Crippen LogP contribution in [0.5, 0.6) is 5.75 Å². The molecule has 0 saturated carbocycles. The van der Waals surface area contributed by atoms with Crippen LogP contribution >= 0.6 is 0 Å². The van der Waals surface area contributed by atoms with Gasteiger partial charge in [0.2, 0.25) is 0 Å². The monoisotopic (exact) mass is 733 g/mol. The zero-order valence-electron chi connectivity index (χ0n) is 31.5. The molecule has 2 aromatic heterocycles. The molecule has 5 heterocycles. The predicted octanol–water partition coefficient (Wildman–Crippen LogP) is 7.78. The SMILES string of the molecule is Cc1nc2cc3nn2c(c1CC(=O)O)N1CCC(C)(CC1)OCCCCC(C)Oc1ccc(C(=O)N(C)CCc2ccc(F)cc2)cc1-c1cccc-3c1. The third kappa shape index (κ3) is 8.11. The smallest absolute Gasteiger partial charge is 0.308 e. The molecule has 6 bridgehead atoms. The molecule has 3 aliphatic rings. The van der Waals surface area contributed by atoms with E-state index in [2.05, 4.69) is 18.7 Å². The van der Waals surface area contributed by atoms with E-state index in [1.54, 1.807) is 28.6 Å². The zero-order valence-corrected chi connectivity index (χ0v) is 31.5. The number of hydrogen-bond acceptors (Lipinski definition) is 7. The highest BCUT2D eigenvalue weighted by Gasteiger charge is 2.33. The molecular formula is C43H48FN5O5. The van der Waals surface area contributed by atoms with Gasteiger partial charge in [-0.25, -0.2) is 9.37 Å². The fourth-order valence-electron chi connectivity index (χ4n) is 7.53. The van der Waals surface area contributed by atoms with E-state index < -0.39 is 5.97 Å². The standard InChI is InChI=1S/C43H48FN5O5/c1-28-8-5-6-23-53-43(3)18-21-48(22-19-43)41-35(26-40(50)51)29(2)45-39-27-37(46-49(39)41)32-10-7-9-31(24-32)36-25-33(13-16-38(36)54-28)42(52)47(4)20-17-30-11-14-34(44)15-12-30/h7,9-16,24-25,27-28H,5-6,8,17-23,26H2,1-4H3,(H,50,51). The summed E-state index contributed by atoms with van der Waals surface area (Å²) in [4.78, 5) is 34.6. The Kier molecular flexibility index (Phi) is 10.7. The Morgan fingerprint density at radius 1 is 1.02 bits per heavy atom. The number of anilines is 1. The number of hydrogen-bond donors (Lipinski definition) is 1. The minimum absolute atomic E-state index is 0.0672. The van der Waals surface area contributed by atoms with E-state index in [9.17, 15) is 19.1 Å². The lowest BCUT2D eigenvalue weighted by Gasteiger charge is -2.41. The van der Waals surface area contributed by atoms with Gasteiger partial charge in [-0.1, -0.05) is 30.3 Å². The minimum Gasteiger partial charge on any atom is -0.490 e. The van der Waals surface area contributed by atoms with E-state index >= 15 is 0 Å². The summed E-state index contributed by atoms with van der Waals surface area (Å²) in [6, 6.07) is 21.9.